The van der Waals surface area contributed by atoms with Gasteiger partial charge in [-0.3, -0.25) is 0 Å². The highest BCUT2D eigenvalue weighted by molar-refractivity contribution is 7.79. The van der Waals surface area contributed by atoms with Gasteiger partial charge in [-0.15, -0.1) is 0 Å². The normalized spacial score (nSPS) is 22.5. The van der Waals surface area contributed by atoms with Crippen LogP contribution in [0.2, 0.25) is 5.02 Å². The van der Waals surface area contributed by atoms with E-state index in [2.05, 4.69) is 24.3 Å². The summed E-state index contributed by atoms with van der Waals surface area (Å²) >= 11 is 11.2. The molecule has 0 aromatic heterocycles. The minimum atomic E-state index is -0.255. The maximum Gasteiger partial charge on any atom is 0.114 e. The average Bonchev–Trinajstić information content (AvgIpc) is 2.37. The molecule has 1 aromatic carbocycles. The van der Waals surface area contributed by atoms with Gasteiger partial charge in [-0.1, -0.05) is 42.8 Å². The Hall–Kier alpha value is -1.13. The second-order valence-electron chi connectivity index (χ2n) is 5.03. The smallest absolute Gasteiger partial charge is 0.114 e. The van der Waals surface area contributed by atoms with Crippen LogP contribution in [0, 0.1) is 5.41 Å². The van der Waals surface area contributed by atoms with E-state index in [4.69, 9.17) is 28.7 Å². The summed E-state index contributed by atoms with van der Waals surface area (Å²) in [5.41, 5.74) is 2.57. The molecule has 0 aliphatic carbocycles. The fourth-order valence-electron chi connectivity index (χ4n) is 2.18. The average molecular weight is 297 g/mol. The highest BCUT2D eigenvalue weighted by Crippen LogP contribution is 2.38. The fraction of sp³-hybridized carbons (Fsp3) is 0.429. The van der Waals surface area contributed by atoms with E-state index in [1.807, 2.05) is 25.1 Å². The van der Waals surface area contributed by atoms with Crippen molar-refractivity contribution in [3.63, 3.8) is 0 Å². The number of thiocarbonyl (C=S) groups is 1. The van der Waals surface area contributed by atoms with E-state index in [9.17, 15) is 0 Å². The molecule has 1 atom stereocenters. The van der Waals surface area contributed by atoms with Crippen LogP contribution >= 0.6 is 23.8 Å². The number of halogens is 1. The van der Waals surface area contributed by atoms with Crippen LogP contribution in [-0.4, -0.2) is 23.7 Å². The first-order chi connectivity index (χ1) is 9.00. The lowest BCUT2D eigenvalue weighted by Crippen LogP contribution is -2.47. The van der Waals surface area contributed by atoms with E-state index in [1.54, 1.807) is 5.37 Å². The molecule has 2 rings (SSSR count). The summed E-state index contributed by atoms with van der Waals surface area (Å²) in [5.74, 6) is 0. The SMILES string of the molecule is CCO/N=C1/c2cc(Cl)ccc2NC(C=S)C1(C)C. The van der Waals surface area contributed by atoms with Gasteiger partial charge in [-0.25, -0.2) is 0 Å². The Balaban J connectivity index is 2.59. The van der Waals surface area contributed by atoms with E-state index in [1.165, 1.54) is 0 Å². The number of benzene rings is 1. The number of hydrogen-bond donors (Lipinski definition) is 1. The Morgan fingerprint density at radius 3 is 2.89 bits per heavy atom. The van der Waals surface area contributed by atoms with Gasteiger partial charge < -0.3 is 10.2 Å². The third-order valence-electron chi connectivity index (χ3n) is 3.36. The molecule has 102 valence electrons. The quantitative estimate of drug-likeness (QED) is 0.678. The molecule has 19 heavy (non-hydrogen) atoms. The Bertz CT molecular complexity index is 528. The summed E-state index contributed by atoms with van der Waals surface area (Å²) in [4.78, 5) is 5.27. The number of fused-ring (bicyclic) bond motifs is 1. The van der Waals surface area contributed by atoms with Crippen molar-refractivity contribution in [2.75, 3.05) is 11.9 Å². The zero-order chi connectivity index (χ0) is 14.0. The van der Waals surface area contributed by atoms with Gasteiger partial charge >= 0.3 is 0 Å². The van der Waals surface area contributed by atoms with Gasteiger partial charge in [0, 0.05) is 27.1 Å². The lowest BCUT2D eigenvalue weighted by atomic mass is 9.74. The van der Waals surface area contributed by atoms with Crippen molar-refractivity contribution in [1.29, 1.82) is 0 Å². The number of anilines is 1. The van der Waals surface area contributed by atoms with E-state index in [-0.39, 0.29) is 11.5 Å². The molecule has 5 heteroatoms. The molecule has 1 unspecified atom stereocenters. The molecular weight excluding hydrogens is 280 g/mol. The Morgan fingerprint density at radius 2 is 2.26 bits per heavy atom. The van der Waals surface area contributed by atoms with E-state index < -0.39 is 0 Å². The lowest BCUT2D eigenvalue weighted by Gasteiger charge is -2.39. The molecule has 0 fully saturated rings. The first kappa shape index (κ1) is 14.3. The van der Waals surface area contributed by atoms with Gasteiger partial charge in [0.2, 0.25) is 0 Å². The molecule has 1 aromatic rings. The Labute approximate surface area is 124 Å². The standard InChI is InChI=1S/C14H17ClN2OS/c1-4-18-17-13-10-7-9(15)5-6-11(10)16-12(8-19)14(13,2)3/h5-8,12,16H,4H2,1-3H3/b17-13-. The largest absolute Gasteiger partial charge is 0.396 e. The van der Waals surface area contributed by atoms with E-state index >= 15 is 0 Å². The van der Waals surface area contributed by atoms with Crippen LogP contribution < -0.4 is 5.32 Å². The summed E-state index contributed by atoms with van der Waals surface area (Å²) in [6.07, 6.45) is 0. The molecule has 0 amide bonds. The summed E-state index contributed by atoms with van der Waals surface area (Å²) in [7, 11) is 0. The molecule has 0 saturated heterocycles. The van der Waals surface area contributed by atoms with Crippen molar-refractivity contribution in [1.82, 2.24) is 0 Å². The van der Waals surface area contributed by atoms with Crippen LogP contribution in [0.25, 0.3) is 0 Å². The number of oxime groups is 1. The number of hydrogen-bond acceptors (Lipinski definition) is 4. The maximum absolute atomic E-state index is 6.09. The molecule has 1 aliphatic rings. The highest BCUT2D eigenvalue weighted by Gasteiger charge is 2.40. The van der Waals surface area contributed by atoms with Gasteiger partial charge in [0.25, 0.3) is 0 Å². The number of nitrogens with one attached hydrogen (secondary N) is 1. The van der Waals surface area contributed by atoms with Gasteiger partial charge in [-0.2, -0.15) is 0 Å². The van der Waals surface area contributed by atoms with Crippen LogP contribution in [0.15, 0.2) is 23.4 Å². The molecular formula is C14H17ClN2OS. The molecule has 0 saturated carbocycles. The topological polar surface area (TPSA) is 33.6 Å². The molecule has 1 N–H and O–H groups in total. The molecule has 0 radical (unpaired) electrons. The second-order valence-corrected chi connectivity index (χ2v) is 5.74. The van der Waals surface area contributed by atoms with Crippen LogP contribution in [0.4, 0.5) is 5.69 Å². The van der Waals surface area contributed by atoms with Crippen molar-refractivity contribution < 1.29 is 4.84 Å². The van der Waals surface area contributed by atoms with Crippen molar-refractivity contribution in [2.24, 2.45) is 10.6 Å². The number of rotatable bonds is 3. The molecule has 0 bridgehead atoms. The third-order valence-corrected chi connectivity index (χ3v) is 3.86. The monoisotopic (exact) mass is 296 g/mol. The van der Waals surface area contributed by atoms with Gasteiger partial charge in [0.15, 0.2) is 0 Å². The lowest BCUT2D eigenvalue weighted by molar-refractivity contribution is 0.155. The van der Waals surface area contributed by atoms with Crippen molar-refractivity contribution in [2.45, 2.75) is 26.8 Å². The van der Waals surface area contributed by atoms with Crippen LogP contribution in [0.3, 0.4) is 0 Å². The second kappa shape index (κ2) is 5.47. The van der Waals surface area contributed by atoms with Gasteiger partial charge in [-0.05, 0) is 25.1 Å². The van der Waals surface area contributed by atoms with Gasteiger partial charge in [0.05, 0.1) is 11.8 Å². The van der Waals surface area contributed by atoms with Gasteiger partial charge in [0.1, 0.15) is 6.61 Å². The molecule has 1 heterocycles. The Kier molecular flexibility index (Phi) is 4.11. The van der Waals surface area contributed by atoms with Crippen LogP contribution in [-0.2, 0) is 4.84 Å². The summed E-state index contributed by atoms with van der Waals surface area (Å²) in [5, 5.41) is 10.1. The zero-order valence-electron chi connectivity index (χ0n) is 11.2. The molecule has 3 nitrogen and oxygen atoms in total. The fourth-order valence-corrected chi connectivity index (χ4v) is 2.76. The maximum atomic E-state index is 6.09. The van der Waals surface area contributed by atoms with E-state index in [0.717, 1.165) is 17.0 Å². The van der Waals surface area contributed by atoms with Crippen molar-refractivity contribution >= 4 is 40.6 Å². The summed E-state index contributed by atoms with van der Waals surface area (Å²) < 4.78 is 0. The van der Waals surface area contributed by atoms with E-state index in [0.29, 0.717) is 11.6 Å². The Morgan fingerprint density at radius 1 is 1.53 bits per heavy atom. The predicted molar refractivity (Wildman–Crippen MR) is 84.5 cm³/mol. The van der Waals surface area contributed by atoms with Crippen LogP contribution in [0.5, 0.6) is 0 Å². The van der Waals surface area contributed by atoms with Crippen molar-refractivity contribution in [3.05, 3.63) is 28.8 Å². The molecule has 0 spiro atoms. The summed E-state index contributed by atoms with van der Waals surface area (Å²) in [6, 6.07) is 5.73. The minimum Gasteiger partial charge on any atom is -0.396 e. The van der Waals surface area contributed by atoms with Crippen LogP contribution in [0.1, 0.15) is 26.3 Å². The molecule has 1 aliphatic heterocycles. The number of nitrogens with zero attached hydrogens (tertiary/aromatic N) is 1. The minimum absolute atomic E-state index is 0.0235. The predicted octanol–water partition coefficient (Wildman–Crippen LogP) is 3.90. The first-order valence-corrected chi connectivity index (χ1v) is 7.07. The van der Waals surface area contributed by atoms with Crippen molar-refractivity contribution in [3.8, 4) is 0 Å². The third kappa shape index (κ3) is 2.60. The highest BCUT2D eigenvalue weighted by atomic mass is 35.5. The zero-order valence-corrected chi connectivity index (χ0v) is 12.8. The summed E-state index contributed by atoms with van der Waals surface area (Å²) in [6.45, 7) is 6.63. The first-order valence-electron chi connectivity index (χ1n) is 6.23.